The minimum Gasteiger partial charge on any atom is -0.492 e. The molecule has 6 N–H and O–H groups in total. The molecule has 0 fully saturated rings. The van der Waals surface area contributed by atoms with E-state index in [9.17, 15) is 0 Å². The number of benzene rings is 1. The number of nitrogens with two attached hydrogens (primary N) is 3. The molecule has 76 valence electrons. The van der Waals surface area contributed by atoms with Gasteiger partial charge >= 0.3 is 0 Å². The van der Waals surface area contributed by atoms with Gasteiger partial charge in [-0.05, 0) is 13.6 Å². The maximum Gasteiger partial charge on any atom is 0.168 e. The van der Waals surface area contributed by atoms with E-state index < -0.39 is 0 Å². The molecule has 0 radical (unpaired) electrons. The zero-order valence-electron chi connectivity index (χ0n) is 8.29. The summed E-state index contributed by atoms with van der Waals surface area (Å²) in [5.41, 5.74) is 19.6. The van der Waals surface area contributed by atoms with Crippen LogP contribution in [0.15, 0.2) is 4.99 Å². The summed E-state index contributed by atoms with van der Waals surface area (Å²) in [6.07, 6.45) is 0. The highest BCUT2D eigenvalue weighted by atomic mass is 16.5. The summed E-state index contributed by atoms with van der Waals surface area (Å²) in [5.74, 6) is 0.357. The van der Waals surface area contributed by atoms with Gasteiger partial charge in [0.15, 0.2) is 5.75 Å². The third-order valence-electron chi connectivity index (χ3n) is 2.16. The monoisotopic (exact) mass is 194 g/mol. The van der Waals surface area contributed by atoms with Crippen LogP contribution in [0.3, 0.4) is 0 Å². The fraction of sp³-hybridized carbons (Fsp3) is 0.222. The second kappa shape index (κ2) is 3.45. The van der Waals surface area contributed by atoms with Crippen molar-refractivity contribution in [2.75, 3.05) is 24.3 Å². The van der Waals surface area contributed by atoms with Gasteiger partial charge in [-0.25, -0.2) is 0 Å². The third-order valence-corrected chi connectivity index (χ3v) is 2.16. The summed E-state index contributed by atoms with van der Waals surface area (Å²) in [4.78, 5) is 3.79. The van der Waals surface area contributed by atoms with Crippen LogP contribution in [0.1, 0.15) is 5.56 Å². The van der Waals surface area contributed by atoms with Gasteiger partial charge in [-0.15, -0.1) is 0 Å². The lowest BCUT2D eigenvalue weighted by Gasteiger charge is -2.15. The van der Waals surface area contributed by atoms with Gasteiger partial charge in [0.1, 0.15) is 11.4 Å². The molecule has 0 spiro atoms. The lowest BCUT2D eigenvalue weighted by atomic mass is 10.1. The Morgan fingerprint density at radius 3 is 2.14 bits per heavy atom. The Morgan fingerprint density at radius 1 is 1.14 bits per heavy atom. The van der Waals surface area contributed by atoms with Crippen LogP contribution in [0.5, 0.6) is 5.75 Å². The van der Waals surface area contributed by atoms with Crippen LogP contribution < -0.4 is 21.9 Å². The molecule has 0 aliphatic heterocycles. The molecule has 14 heavy (non-hydrogen) atoms. The number of anilines is 3. The van der Waals surface area contributed by atoms with E-state index in [0.29, 0.717) is 28.5 Å². The smallest absolute Gasteiger partial charge is 0.168 e. The predicted molar refractivity (Wildman–Crippen MR) is 60.2 cm³/mol. The van der Waals surface area contributed by atoms with Gasteiger partial charge in [-0.3, -0.25) is 4.99 Å². The van der Waals surface area contributed by atoms with Crippen molar-refractivity contribution in [1.29, 1.82) is 0 Å². The normalized spacial score (nSPS) is 9.86. The highest BCUT2D eigenvalue weighted by Crippen LogP contribution is 2.44. The van der Waals surface area contributed by atoms with Crippen LogP contribution in [-0.2, 0) is 0 Å². The van der Waals surface area contributed by atoms with Gasteiger partial charge < -0.3 is 21.9 Å². The number of nitrogens with zero attached hydrogens (tertiary/aromatic N) is 1. The maximum absolute atomic E-state index is 5.78. The van der Waals surface area contributed by atoms with Crippen molar-refractivity contribution in [2.45, 2.75) is 6.92 Å². The Balaban J connectivity index is 3.64. The molecular formula is C9H14N4O. The summed E-state index contributed by atoms with van der Waals surface area (Å²) in [5, 5.41) is 0. The van der Waals surface area contributed by atoms with Crippen molar-refractivity contribution in [3.05, 3.63) is 5.56 Å². The minimum absolute atomic E-state index is 0.343. The van der Waals surface area contributed by atoms with E-state index in [1.54, 1.807) is 6.92 Å². The van der Waals surface area contributed by atoms with Crippen LogP contribution in [0.2, 0.25) is 0 Å². The topological polar surface area (TPSA) is 99.6 Å². The van der Waals surface area contributed by atoms with Crippen molar-refractivity contribution < 1.29 is 4.74 Å². The molecule has 0 amide bonds. The summed E-state index contributed by atoms with van der Waals surface area (Å²) in [7, 11) is 1.48. The zero-order valence-corrected chi connectivity index (χ0v) is 8.29. The fourth-order valence-electron chi connectivity index (χ4n) is 1.33. The van der Waals surface area contributed by atoms with Gasteiger partial charge in [0.2, 0.25) is 0 Å². The van der Waals surface area contributed by atoms with Crippen molar-refractivity contribution in [1.82, 2.24) is 0 Å². The van der Waals surface area contributed by atoms with E-state index in [2.05, 4.69) is 11.7 Å². The molecule has 0 bridgehead atoms. The molecule has 5 heteroatoms. The molecule has 0 aliphatic carbocycles. The fourth-order valence-corrected chi connectivity index (χ4v) is 1.33. The van der Waals surface area contributed by atoms with Crippen LogP contribution in [0.4, 0.5) is 22.7 Å². The minimum atomic E-state index is 0.343. The standard InChI is InChI=1S/C9H14N4O/c1-4-5(10)6(11)9(14-3)7(12)8(4)13-2/h2,10-12H2,1,3H3. The van der Waals surface area contributed by atoms with Gasteiger partial charge in [-0.1, -0.05) is 0 Å². The number of ether oxygens (including phenoxy) is 1. The van der Waals surface area contributed by atoms with Crippen molar-refractivity contribution in [3.8, 4) is 5.75 Å². The van der Waals surface area contributed by atoms with E-state index in [4.69, 9.17) is 21.9 Å². The highest BCUT2D eigenvalue weighted by molar-refractivity contribution is 5.91. The number of aliphatic imine (C=N–C) groups is 1. The first kappa shape index (κ1) is 10.2. The van der Waals surface area contributed by atoms with Crippen molar-refractivity contribution in [3.63, 3.8) is 0 Å². The second-order valence-electron chi connectivity index (χ2n) is 2.91. The molecule has 0 saturated heterocycles. The summed E-state index contributed by atoms with van der Waals surface area (Å²) < 4.78 is 5.04. The van der Waals surface area contributed by atoms with E-state index in [1.165, 1.54) is 7.11 Å². The number of hydrogen-bond donors (Lipinski definition) is 3. The highest BCUT2D eigenvalue weighted by Gasteiger charge is 2.16. The number of methoxy groups -OCH3 is 1. The van der Waals surface area contributed by atoms with Crippen molar-refractivity contribution in [2.24, 2.45) is 4.99 Å². The lowest BCUT2D eigenvalue weighted by Crippen LogP contribution is -2.04. The van der Waals surface area contributed by atoms with Gasteiger partial charge in [0.05, 0.1) is 18.5 Å². The van der Waals surface area contributed by atoms with Crippen LogP contribution in [-0.4, -0.2) is 13.8 Å². The first-order valence-corrected chi connectivity index (χ1v) is 4.02. The molecule has 0 saturated carbocycles. The Bertz CT molecular complexity index is 387. The molecule has 0 atom stereocenters. The molecule has 1 aromatic rings. The SMILES string of the molecule is C=Nc1c(C)c(N)c(N)c(OC)c1N. The van der Waals surface area contributed by atoms with Crippen LogP contribution in [0.25, 0.3) is 0 Å². The lowest BCUT2D eigenvalue weighted by molar-refractivity contribution is 0.419. The Kier molecular flexibility index (Phi) is 2.51. The summed E-state index contributed by atoms with van der Waals surface area (Å²) >= 11 is 0. The van der Waals surface area contributed by atoms with E-state index >= 15 is 0 Å². The first-order chi connectivity index (χ1) is 6.54. The molecule has 0 aliphatic rings. The number of nitrogen functional groups attached to an aromatic ring is 3. The summed E-state index contributed by atoms with van der Waals surface area (Å²) in [6.45, 7) is 5.20. The predicted octanol–water partition coefficient (Wildman–Crippen LogP) is 1.08. The van der Waals surface area contributed by atoms with Gasteiger partial charge in [-0.2, -0.15) is 0 Å². The number of hydrogen-bond acceptors (Lipinski definition) is 5. The van der Waals surface area contributed by atoms with E-state index in [0.717, 1.165) is 5.56 Å². The molecule has 0 heterocycles. The van der Waals surface area contributed by atoms with E-state index in [-0.39, 0.29) is 0 Å². The largest absolute Gasteiger partial charge is 0.492 e. The number of rotatable bonds is 2. The van der Waals surface area contributed by atoms with Crippen molar-refractivity contribution >= 4 is 29.5 Å². The average molecular weight is 194 g/mol. The van der Waals surface area contributed by atoms with Crippen LogP contribution >= 0.6 is 0 Å². The molecule has 0 aromatic heterocycles. The Morgan fingerprint density at radius 2 is 1.71 bits per heavy atom. The quantitative estimate of drug-likeness (QED) is 0.484. The second-order valence-corrected chi connectivity index (χ2v) is 2.91. The maximum atomic E-state index is 5.78. The van der Waals surface area contributed by atoms with Gasteiger partial charge in [0, 0.05) is 5.56 Å². The Labute approximate surface area is 82.6 Å². The third kappa shape index (κ3) is 1.22. The molecule has 0 unspecified atom stereocenters. The Hall–Kier alpha value is -1.91. The molecule has 1 rings (SSSR count). The first-order valence-electron chi connectivity index (χ1n) is 4.02. The molecule has 5 nitrogen and oxygen atoms in total. The zero-order chi connectivity index (χ0) is 10.9. The molecule has 1 aromatic carbocycles. The average Bonchev–Trinajstić information content (AvgIpc) is 2.16. The van der Waals surface area contributed by atoms with Crippen LogP contribution in [0, 0.1) is 6.92 Å². The van der Waals surface area contributed by atoms with Gasteiger partial charge in [0.25, 0.3) is 0 Å². The molecular weight excluding hydrogens is 180 g/mol. The van der Waals surface area contributed by atoms with E-state index in [1.807, 2.05) is 0 Å². The summed E-state index contributed by atoms with van der Waals surface area (Å²) in [6, 6.07) is 0.